The summed E-state index contributed by atoms with van der Waals surface area (Å²) in [6.45, 7) is 4.02. The molecular formula is C9H15N3OS. The number of nitrogens with one attached hydrogen (secondary N) is 1. The summed E-state index contributed by atoms with van der Waals surface area (Å²) in [4.78, 5) is 14.3. The van der Waals surface area contributed by atoms with E-state index in [1.807, 2.05) is 23.3 Å². The van der Waals surface area contributed by atoms with Crippen molar-refractivity contribution in [1.82, 2.24) is 10.3 Å². The lowest BCUT2D eigenvalue weighted by Crippen LogP contribution is -2.39. The van der Waals surface area contributed by atoms with E-state index in [-0.39, 0.29) is 5.91 Å². The third-order valence-electron chi connectivity index (χ3n) is 1.93. The highest BCUT2D eigenvalue weighted by Crippen LogP contribution is 2.11. The van der Waals surface area contributed by atoms with Gasteiger partial charge in [0.15, 0.2) is 0 Å². The van der Waals surface area contributed by atoms with Gasteiger partial charge in [0.2, 0.25) is 5.91 Å². The van der Waals surface area contributed by atoms with Crippen molar-refractivity contribution >= 4 is 17.2 Å². The van der Waals surface area contributed by atoms with Gasteiger partial charge in [0.05, 0.1) is 6.54 Å². The van der Waals surface area contributed by atoms with Crippen LogP contribution in [0.4, 0.5) is 0 Å². The summed E-state index contributed by atoms with van der Waals surface area (Å²) in [6, 6.07) is 4.07. The van der Waals surface area contributed by atoms with Gasteiger partial charge in [0.25, 0.3) is 0 Å². The van der Waals surface area contributed by atoms with Crippen LogP contribution in [0.3, 0.4) is 0 Å². The van der Waals surface area contributed by atoms with E-state index < -0.39 is 0 Å². The molecule has 1 heterocycles. The van der Waals surface area contributed by atoms with Crippen LogP contribution in [0.15, 0.2) is 17.5 Å². The van der Waals surface area contributed by atoms with Gasteiger partial charge in [-0.2, -0.15) is 0 Å². The van der Waals surface area contributed by atoms with Gasteiger partial charge in [-0.25, -0.2) is 5.84 Å². The van der Waals surface area contributed by atoms with Crippen molar-refractivity contribution in [3.8, 4) is 0 Å². The summed E-state index contributed by atoms with van der Waals surface area (Å²) in [6.07, 6.45) is 0. The molecule has 0 unspecified atom stereocenters. The normalized spacial score (nSPS) is 10.5. The second-order valence-corrected chi connectivity index (χ2v) is 3.98. The number of nitrogens with two attached hydrogens (primary N) is 1. The first kappa shape index (κ1) is 11.2. The molecule has 0 aliphatic heterocycles. The van der Waals surface area contributed by atoms with Crippen LogP contribution >= 0.6 is 11.3 Å². The van der Waals surface area contributed by atoms with Crippen molar-refractivity contribution in [3.63, 3.8) is 0 Å². The molecule has 0 saturated carbocycles. The average Bonchev–Trinajstić information content (AvgIpc) is 2.69. The fraction of sp³-hybridized carbons (Fsp3) is 0.444. The maximum atomic E-state index is 11.0. The minimum Gasteiger partial charge on any atom is -0.293 e. The minimum absolute atomic E-state index is 0.150. The molecule has 1 aromatic rings. The smallest absolute Gasteiger partial charge is 0.248 e. The molecule has 0 aromatic carbocycles. The standard InChI is InChI=1S/C9H15N3OS/c1-2-12(7-9(13)11-10)6-8-4-3-5-14-8/h3-5H,2,6-7,10H2,1H3,(H,11,13). The molecule has 0 radical (unpaired) electrons. The number of rotatable bonds is 5. The first-order chi connectivity index (χ1) is 6.76. The molecule has 1 amide bonds. The minimum atomic E-state index is -0.150. The molecule has 0 aliphatic rings. The molecule has 14 heavy (non-hydrogen) atoms. The van der Waals surface area contributed by atoms with E-state index >= 15 is 0 Å². The molecule has 1 aromatic heterocycles. The fourth-order valence-corrected chi connectivity index (χ4v) is 1.90. The van der Waals surface area contributed by atoms with E-state index in [2.05, 4.69) is 11.5 Å². The first-order valence-electron chi connectivity index (χ1n) is 4.50. The number of nitrogens with zero attached hydrogens (tertiary/aromatic N) is 1. The highest BCUT2D eigenvalue weighted by molar-refractivity contribution is 7.09. The van der Waals surface area contributed by atoms with Crippen molar-refractivity contribution in [3.05, 3.63) is 22.4 Å². The molecule has 0 fully saturated rings. The molecule has 0 spiro atoms. The number of hydrogen-bond donors (Lipinski definition) is 2. The van der Waals surface area contributed by atoms with Gasteiger partial charge in [0, 0.05) is 11.4 Å². The SMILES string of the molecule is CCN(CC(=O)NN)Cc1cccs1. The van der Waals surface area contributed by atoms with Crippen molar-refractivity contribution in [2.24, 2.45) is 5.84 Å². The predicted octanol–water partition coefficient (Wildman–Crippen LogP) is 0.560. The number of amides is 1. The van der Waals surface area contributed by atoms with Crippen LogP contribution < -0.4 is 11.3 Å². The Balaban J connectivity index is 2.43. The van der Waals surface area contributed by atoms with Gasteiger partial charge in [0.1, 0.15) is 0 Å². The quantitative estimate of drug-likeness (QED) is 0.427. The zero-order valence-electron chi connectivity index (χ0n) is 8.19. The van der Waals surface area contributed by atoms with Crippen LogP contribution in [-0.4, -0.2) is 23.9 Å². The second kappa shape index (κ2) is 5.74. The number of likely N-dealkylation sites (N-methyl/N-ethyl adjacent to an activating group) is 1. The lowest BCUT2D eigenvalue weighted by Gasteiger charge is -2.17. The molecule has 4 nitrogen and oxygen atoms in total. The fourth-order valence-electron chi connectivity index (χ4n) is 1.15. The number of thiophene rings is 1. The Kier molecular flexibility index (Phi) is 4.58. The van der Waals surface area contributed by atoms with Crippen LogP contribution in [0.25, 0.3) is 0 Å². The Morgan fingerprint density at radius 3 is 3.00 bits per heavy atom. The van der Waals surface area contributed by atoms with E-state index in [1.54, 1.807) is 11.3 Å². The van der Waals surface area contributed by atoms with E-state index in [1.165, 1.54) is 4.88 Å². The number of hydrazine groups is 1. The molecule has 5 heteroatoms. The van der Waals surface area contributed by atoms with Gasteiger partial charge in [-0.05, 0) is 18.0 Å². The lowest BCUT2D eigenvalue weighted by atomic mass is 10.4. The van der Waals surface area contributed by atoms with Crippen molar-refractivity contribution < 1.29 is 4.79 Å². The van der Waals surface area contributed by atoms with E-state index in [9.17, 15) is 4.79 Å². The summed E-state index contributed by atoms with van der Waals surface area (Å²) in [5.74, 6) is 4.88. The van der Waals surface area contributed by atoms with Gasteiger partial charge >= 0.3 is 0 Å². The highest BCUT2D eigenvalue weighted by Gasteiger charge is 2.08. The molecule has 3 N–H and O–H groups in total. The average molecular weight is 213 g/mol. The maximum Gasteiger partial charge on any atom is 0.248 e. The van der Waals surface area contributed by atoms with Crippen molar-refractivity contribution in [2.75, 3.05) is 13.1 Å². The molecule has 0 saturated heterocycles. The summed E-state index contributed by atoms with van der Waals surface area (Å²) in [5.41, 5.74) is 2.13. The predicted molar refractivity (Wildman–Crippen MR) is 57.6 cm³/mol. The highest BCUT2D eigenvalue weighted by atomic mass is 32.1. The summed E-state index contributed by atoms with van der Waals surface area (Å²) < 4.78 is 0. The lowest BCUT2D eigenvalue weighted by molar-refractivity contribution is -0.122. The van der Waals surface area contributed by atoms with Crippen molar-refractivity contribution in [2.45, 2.75) is 13.5 Å². The van der Waals surface area contributed by atoms with Crippen LogP contribution in [0.5, 0.6) is 0 Å². The zero-order chi connectivity index (χ0) is 10.4. The molecule has 0 atom stereocenters. The van der Waals surface area contributed by atoms with E-state index in [0.29, 0.717) is 6.54 Å². The van der Waals surface area contributed by atoms with Gasteiger partial charge in [-0.1, -0.05) is 13.0 Å². The van der Waals surface area contributed by atoms with Crippen LogP contribution in [-0.2, 0) is 11.3 Å². The monoisotopic (exact) mass is 213 g/mol. The van der Waals surface area contributed by atoms with E-state index in [0.717, 1.165) is 13.1 Å². The Labute approximate surface area is 87.7 Å². The largest absolute Gasteiger partial charge is 0.293 e. The Bertz CT molecular complexity index is 274. The Morgan fingerprint density at radius 2 is 2.50 bits per heavy atom. The number of carbonyl (C=O) groups is 1. The molecule has 0 aliphatic carbocycles. The first-order valence-corrected chi connectivity index (χ1v) is 5.38. The third-order valence-corrected chi connectivity index (χ3v) is 2.80. The molecule has 78 valence electrons. The summed E-state index contributed by atoms with van der Waals surface area (Å²) >= 11 is 1.70. The maximum absolute atomic E-state index is 11.0. The topological polar surface area (TPSA) is 58.4 Å². The van der Waals surface area contributed by atoms with Gasteiger partial charge in [-0.3, -0.25) is 15.1 Å². The van der Waals surface area contributed by atoms with Crippen LogP contribution in [0, 0.1) is 0 Å². The second-order valence-electron chi connectivity index (χ2n) is 2.95. The Hall–Kier alpha value is -0.910. The van der Waals surface area contributed by atoms with Crippen LogP contribution in [0.1, 0.15) is 11.8 Å². The number of hydrogen-bond acceptors (Lipinski definition) is 4. The Morgan fingerprint density at radius 1 is 1.71 bits per heavy atom. The van der Waals surface area contributed by atoms with Crippen molar-refractivity contribution in [1.29, 1.82) is 0 Å². The van der Waals surface area contributed by atoms with Gasteiger partial charge in [-0.15, -0.1) is 11.3 Å². The molecule has 0 bridgehead atoms. The third kappa shape index (κ3) is 3.45. The summed E-state index contributed by atoms with van der Waals surface area (Å²) in [7, 11) is 0. The zero-order valence-corrected chi connectivity index (χ0v) is 9.01. The van der Waals surface area contributed by atoms with Crippen LogP contribution in [0.2, 0.25) is 0 Å². The molecular weight excluding hydrogens is 198 g/mol. The number of carbonyl (C=O) groups excluding carboxylic acids is 1. The van der Waals surface area contributed by atoms with Gasteiger partial charge < -0.3 is 0 Å². The summed E-state index contributed by atoms with van der Waals surface area (Å²) in [5, 5.41) is 2.03. The van der Waals surface area contributed by atoms with E-state index in [4.69, 9.17) is 5.84 Å². The molecule has 1 rings (SSSR count).